The van der Waals surface area contributed by atoms with Crippen LogP contribution in [0.2, 0.25) is 0 Å². The molecule has 2 rings (SSSR count). The highest BCUT2D eigenvalue weighted by molar-refractivity contribution is 5.74. The van der Waals surface area contributed by atoms with Crippen LogP contribution in [-0.4, -0.2) is 48.8 Å². The Labute approximate surface area is 115 Å². The van der Waals surface area contributed by atoms with Crippen LogP contribution < -0.4 is 18.9 Å². The van der Waals surface area contributed by atoms with Gasteiger partial charge in [0, 0.05) is 12.1 Å². The van der Waals surface area contributed by atoms with Crippen molar-refractivity contribution in [1.29, 1.82) is 0 Å². The van der Waals surface area contributed by atoms with Crippen molar-refractivity contribution >= 4 is 0 Å². The largest absolute Gasteiger partial charge is 0.480 e. The maximum atomic E-state index is 5.20. The Hall–Kier alpha value is -2.64. The van der Waals surface area contributed by atoms with Gasteiger partial charge in [0.2, 0.25) is 23.5 Å². The molecule has 0 aliphatic carbocycles. The van der Waals surface area contributed by atoms with Crippen molar-refractivity contribution in [3.8, 4) is 34.6 Å². The Kier molecular flexibility index (Phi) is 4.14. The van der Waals surface area contributed by atoms with Gasteiger partial charge in [-0.1, -0.05) is 0 Å². The van der Waals surface area contributed by atoms with E-state index in [0.29, 0.717) is 34.6 Å². The van der Waals surface area contributed by atoms with Crippen LogP contribution in [0.4, 0.5) is 0 Å². The molecule has 0 saturated carbocycles. The van der Waals surface area contributed by atoms with Crippen LogP contribution in [0.15, 0.2) is 12.1 Å². The zero-order valence-electron chi connectivity index (χ0n) is 11.6. The third kappa shape index (κ3) is 2.53. The molecule has 0 spiro atoms. The van der Waals surface area contributed by atoms with Crippen LogP contribution in [0.5, 0.6) is 23.5 Å². The molecule has 0 aliphatic heterocycles. The van der Waals surface area contributed by atoms with E-state index in [0.717, 1.165) is 0 Å². The van der Waals surface area contributed by atoms with Gasteiger partial charge in [-0.2, -0.15) is 0 Å². The molecule has 0 radical (unpaired) electrons. The number of rotatable bonds is 5. The second-order valence-corrected chi connectivity index (χ2v) is 3.62. The molecule has 0 amide bonds. The molecule has 0 atom stereocenters. The summed E-state index contributed by atoms with van der Waals surface area (Å²) in [5, 5.41) is 15.6. The van der Waals surface area contributed by atoms with Gasteiger partial charge < -0.3 is 18.9 Å². The average molecular weight is 278 g/mol. The third-order valence-corrected chi connectivity index (χ3v) is 2.57. The third-order valence-electron chi connectivity index (χ3n) is 2.57. The predicted octanol–water partition coefficient (Wildman–Crippen LogP) is 0.968. The van der Waals surface area contributed by atoms with Crippen molar-refractivity contribution in [1.82, 2.24) is 20.4 Å². The van der Waals surface area contributed by atoms with Crippen LogP contribution in [-0.2, 0) is 0 Å². The van der Waals surface area contributed by atoms with Crippen molar-refractivity contribution in [2.75, 3.05) is 28.4 Å². The van der Waals surface area contributed by atoms with E-state index in [1.165, 1.54) is 28.4 Å². The molecule has 2 aromatic rings. The number of methoxy groups -OCH3 is 4. The van der Waals surface area contributed by atoms with Gasteiger partial charge in [-0.3, -0.25) is 0 Å². The molecule has 0 aromatic carbocycles. The van der Waals surface area contributed by atoms with E-state index >= 15 is 0 Å². The van der Waals surface area contributed by atoms with Gasteiger partial charge in [-0.25, -0.2) is 0 Å². The Bertz CT molecular complexity index is 553. The fourth-order valence-corrected chi connectivity index (χ4v) is 1.61. The lowest BCUT2D eigenvalue weighted by molar-refractivity contribution is 0.363. The standard InChI is InChI=1S/C12H14N4O4/c1-17-9-5-7(11(19-3)15-13-9)8-6-10(18-2)14-16-12(8)20-4/h5-6H,1-4H3. The van der Waals surface area contributed by atoms with Gasteiger partial charge in [-0.15, -0.1) is 20.4 Å². The normalized spacial score (nSPS) is 10.0. The minimum absolute atomic E-state index is 0.319. The first kappa shape index (κ1) is 13.8. The van der Waals surface area contributed by atoms with Crippen LogP contribution in [0.1, 0.15) is 0 Å². The number of hydrogen-bond acceptors (Lipinski definition) is 8. The van der Waals surface area contributed by atoms with E-state index in [1.807, 2.05) is 0 Å². The highest BCUT2D eigenvalue weighted by Gasteiger charge is 2.17. The first-order valence-corrected chi connectivity index (χ1v) is 5.65. The topological polar surface area (TPSA) is 88.5 Å². The van der Waals surface area contributed by atoms with E-state index < -0.39 is 0 Å². The summed E-state index contributed by atoms with van der Waals surface area (Å²) in [6, 6.07) is 3.34. The Morgan fingerprint density at radius 1 is 0.600 bits per heavy atom. The molecule has 0 aliphatic rings. The highest BCUT2D eigenvalue weighted by atomic mass is 16.5. The summed E-state index contributed by atoms with van der Waals surface area (Å²) in [5.74, 6) is 1.33. The van der Waals surface area contributed by atoms with Gasteiger partial charge in [0.1, 0.15) is 0 Å². The van der Waals surface area contributed by atoms with Gasteiger partial charge >= 0.3 is 0 Å². The Balaban J connectivity index is 2.64. The quantitative estimate of drug-likeness (QED) is 0.799. The molecule has 0 unspecified atom stereocenters. The Morgan fingerprint density at radius 2 is 1.00 bits per heavy atom. The minimum Gasteiger partial charge on any atom is -0.480 e. The lowest BCUT2D eigenvalue weighted by atomic mass is 10.1. The van der Waals surface area contributed by atoms with E-state index in [4.69, 9.17) is 18.9 Å². The molecule has 106 valence electrons. The molecule has 8 nitrogen and oxygen atoms in total. The van der Waals surface area contributed by atoms with Crippen LogP contribution in [0, 0.1) is 0 Å². The summed E-state index contributed by atoms with van der Waals surface area (Å²) < 4.78 is 20.5. The van der Waals surface area contributed by atoms with Crippen molar-refractivity contribution in [3.05, 3.63) is 12.1 Å². The number of nitrogens with zero attached hydrogens (tertiary/aromatic N) is 4. The second-order valence-electron chi connectivity index (χ2n) is 3.62. The first-order chi connectivity index (χ1) is 9.73. The Morgan fingerprint density at radius 3 is 1.30 bits per heavy atom. The summed E-state index contributed by atoms with van der Waals surface area (Å²) in [4.78, 5) is 0. The van der Waals surface area contributed by atoms with Crippen LogP contribution >= 0.6 is 0 Å². The van der Waals surface area contributed by atoms with Gasteiger partial charge in [0.25, 0.3) is 0 Å². The lowest BCUT2D eigenvalue weighted by Crippen LogP contribution is -2.01. The smallest absolute Gasteiger partial charge is 0.241 e. The molecular weight excluding hydrogens is 264 g/mol. The van der Waals surface area contributed by atoms with Crippen LogP contribution in [0.25, 0.3) is 11.1 Å². The van der Waals surface area contributed by atoms with Crippen molar-refractivity contribution in [2.45, 2.75) is 0 Å². The lowest BCUT2D eigenvalue weighted by Gasteiger charge is -2.11. The predicted molar refractivity (Wildman–Crippen MR) is 69.3 cm³/mol. The summed E-state index contributed by atoms with van der Waals surface area (Å²) in [5.41, 5.74) is 1.23. The van der Waals surface area contributed by atoms with E-state index in [-0.39, 0.29) is 0 Å². The number of ether oxygens (including phenoxy) is 4. The van der Waals surface area contributed by atoms with Crippen molar-refractivity contribution in [2.24, 2.45) is 0 Å². The monoisotopic (exact) mass is 278 g/mol. The maximum Gasteiger partial charge on any atom is 0.241 e. The molecule has 0 saturated heterocycles. The molecule has 20 heavy (non-hydrogen) atoms. The minimum atomic E-state index is 0.319. The molecular formula is C12H14N4O4. The molecule has 2 heterocycles. The van der Waals surface area contributed by atoms with E-state index in [9.17, 15) is 0 Å². The van der Waals surface area contributed by atoms with Gasteiger partial charge in [0.15, 0.2) is 0 Å². The van der Waals surface area contributed by atoms with Gasteiger partial charge in [-0.05, 0) is 0 Å². The summed E-state index contributed by atoms with van der Waals surface area (Å²) in [6.45, 7) is 0. The number of aromatic nitrogens is 4. The van der Waals surface area contributed by atoms with Crippen molar-refractivity contribution < 1.29 is 18.9 Å². The molecule has 8 heteroatoms. The zero-order valence-corrected chi connectivity index (χ0v) is 11.6. The van der Waals surface area contributed by atoms with Crippen molar-refractivity contribution in [3.63, 3.8) is 0 Å². The zero-order chi connectivity index (χ0) is 14.5. The molecule has 0 N–H and O–H groups in total. The van der Waals surface area contributed by atoms with E-state index in [1.54, 1.807) is 12.1 Å². The molecule has 2 aromatic heterocycles. The number of hydrogen-bond donors (Lipinski definition) is 0. The molecule has 0 bridgehead atoms. The van der Waals surface area contributed by atoms with Gasteiger partial charge in [0.05, 0.1) is 39.6 Å². The molecule has 0 fully saturated rings. The second kappa shape index (κ2) is 6.00. The fourth-order valence-electron chi connectivity index (χ4n) is 1.61. The van der Waals surface area contributed by atoms with Crippen LogP contribution in [0.3, 0.4) is 0 Å². The summed E-state index contributed by atoms with van der Waals surface area (Å²) in [6.07, 6.45) is 0. The average Bonchev–Trinajstić information content (AvgIpc) is 2.53. The SMILES string of the molecule is COc1cc(-c2cc(OC)nnc2OC)c(OC)nn1. The fraction of sp³-hybridized carbons (Fsp3) is 0.333. The summed E-state index contributed by atoms with van der Waals surface area (Å²) >= 11 is 0. The highest BCUT2D eigenvalue weighted by Crippen LogP contribution is 2.36. The summed E-state index contributed by atoms with van der Waals surface area (Å²) in [7, 11) is 6.00. The van der Waals surface area contributed by atoms with E-state index in [2.05, 4.69) is 20.4 Å². The first-order valence-electron chi connectivity index (χ1n) is 5.65. The maximum absolute atomic E-state index is 5.20.